The van der Waals surface area contributed by atoms with Crippen LogP contribution in [0, 0.1) is 5.82 Å². The van der Waals surface area contributed by atoms with E-state index in [-0.39, 0.29) is 11.3 Å². The number of hydrogen-bond donors (Lipinski definition) is 1. The molecule has 0 spiro atoms. The minimum absolute atomic E-state index is 0.00421. The maximum atomic E-state index is 13.3. The summed E-state index contributed by atoms with van der Waals surface area (Å²) in [7, 11) is 0. The second-order valence-corrected chi connectivity index (χ2v) is 3.65. The fourth-order valence-electron chi connectivity index (χ4n) is 1.54. The second kappa shape index (κ2) is 4.45. The first-order chi connectivity index (χ1) is 8.39. The molecule has 1 N–H and O–H groups in total. The summed E-state index contributed by atoms with van der Waals surface area (Å²) in [6.07, 6.45) is -4.74. The predicted octanol–water partition coefficient (Wildman–Crippen LogP) is 3.52. The van der Waals surface area contributed by atoms with Crippen molar-refractivity contribution in [2.45, 2.75) is 12.3 Å². The molecular weight excluding hydrogens is 252 g/mol. The lowest BCUT2D eigenvalue weighted by atomic mass is 10.0. The highest BCUT2D eigenvalue weighted by Crippen LogP contribution is 2.33. The number of aliphatic hydroxyl groups is 1. The standard InChI is InChI=1S/C12H8F4O2/c13-9-6-7(3-4-8(9)12(14,15)16)11(17)10-2-1-5-18-10/h1-6,11,17H. The molecule has 2 nitrogen and oxygen atoms in total. The SMILES string of the molecule is OC(c1ccc(C(F)(F)F)c(F)c1)c1ccco1. The number of benzene rings is 1. The van der Waals surface area contributed by atoms with Crippen molar-refractivity contribution < 1.29 is 27.1 Å². The quantitative estimate of drug-likeness (QED) is 0.838. The van der Waals surface area contributed by atoms with Crippen LogP contribution >= 0.6 is 0 Å². The van der Waals surface area contributed by atoms with Gasteiger partial charge in [-0.1, -0.05) is 6.07 Å². The molecule has 0 bridgehead atoms. The zero-order chi connectivity index (χ0) is 13.3. The normalized spacial score (nSPS) is 13.6. The molecule has 6 heteroatoms. The number of hydrogen-bond acceptors (Lipinski definition) is 2. The van der Waals surface area contributed by atoms with Crippen LogP contribution in [0.3, 0.4) is 0 Å². The molecule has 18 heavy (non-hydrogen) atoms. The van der Waals surface area contributed by atoms with Gasteiger partial charge < -0.3 is 9.52 Å². The maximum Gasteiger partial charge on any atom is 0.419 e. The van der Waals surface area contributed by atoms with Crippen molar-refractivity contribution in [3.63, 3.8) is 0 Å². The van der Waals surface area contributed by atoms with Crippen LogP contribution < -0.4 is 0 Å². The molecule has 1 atom stereocenters. The zero-order valence-corrected chi connectivity index (χ0v) is 8.91. The average molecular weight is 260 g/mol. The molecule has 0 aliphatic carbocycles. The van der Waals surface area contributed by atoms with E-state index in [1.54, 1.807) is 0 Å². The van der Waals surface area contributed by atoms with Crippen LogP contribution in [-0.2, 0) is 6.18 Å². The highest BCUT2D eigenvalue weighted by molar-refractivity contribution is 5.30. The van der Waals surface area contributed by atoms with E-state index in [1.807, 2.05) is 0 Å². The molecule has 0 saturated heterocycles. The van der Waals surface area contributed by atoms with Crippen LogP contribution in [0.4, 0.5) is 17.6 Å². The monoisotopic (exact) mass is 260 g/mol. The number of furan rings is 1. The molecule has 0 saturated carbocycles. The topological polar surface area (TPSA) is 33.4 Å². The van der Waals surface area contributed by atoms with E-state index in [9.17, 15) is 22.7 Å². The number of rotatable bonds is 2. The Morgan fingerprint density at radius 3 is 2.39 bits per heavy atom. The van der Waals surface area contributed by atoms with Gasteiger partial charge in [-0.3, -0.25) is 0 Å². The van der Waals surface area contributed by atoms with Crippen LogP contribution in [-0.4, -0.2) is 5.11 Å². The van der Waals surface area contributed by atoms with Crippen LogP contribution in [0.15, 0.2) is 41.0 Å². The summed E-state index contributed by atoms with van der Waals surface area (Å²) in [6.45, 7) is 0. The van der Waals surface area contributed by atoms with Crippen LogP contribution in [0.5, 0.6) is 0 Å². The van der Waals surface area contributed by atoms with Crippen molar-refractivity contribution in [2.75, 3.05) is 0 Å². The Morgan fingerprint density at radius 1 is 1.17 bits per heavy atom. The van der Waals surface area contributed by atoms with E-state index < -0.39 is 23.7 Å². The van der Waals surface area contributed by atoms with Gasteiger partial charge >= 0.3 is 6.18 Å². The van der Waals surface area contributed by atoms with E-state index in [0.717, 1.165) is 6.07 Å². The molecule has 0 radical (unpaired) electrons. The van der Waals surface area contributed by atoms with Crippen molar-refractivity contribution >= 4 is 0 Å². The third-order valence-corrected chi connectivity index (χ3v) is 2.43. The van der Waals surface area contributed by atoms with Crippen molar-refractivity contribution in [1.82, 2.24) is 0 Å². The molecule has 1 heterocycles. The lowest BCUT2D eigenvalue weighted by Crippen LogP contribution is -2.09. The molecule has 96 valence electrons. The summed E-state index contributed by atoms with van der Waals surface area (Å²) in [5.41, 5.74) is -1.37. The van der Waals surface area contributed by atoms with Crippen LogP contribution in [0.1, 0.15) is 23.0 Å². The van der Waals surface area contributed by atoms with Crippen molar-refractivity contribution in [2.24, 2.45) is 0 Å². The molecule has 0 fully saturated rings. The summed E-state index contributed by atoms with van der Waals surface area (Å²) in [6, 6.07) is 5.21. The minimum atomic E-state index is -4.75. The molecule has 2 aromatic rings. The van der Waals surface area contributed by atoms with Gasteiger partial charge in [0.25, 0.3) is 0 Å². The second-order valence-electron chi connectivity index (χ2n) is 3.65. The lowest BCUT2D eigenvalue weighted by molar-refractivity contribution is -0.140. The van der Waals surface area contributed by atoms with Crippen molar-refractivity contribution in [1.29, 1.82) is 0 Å². The van der Waals surface area contributed by atoms with Gasteiger partial charge in [0.2, 0.25) is 0 Å². The van der Waals surface area contributed by atoms with Gasteiger partial charge in [0.1, 0.15) is 17.7 Å². The van der Waals surface area contributed by atoms with Gasteiger partial charge in [-0.2, -0.15) is 13.2 Å². The Balaban J connectivity index is 2.35. The zero-order valence-electron chi connectivity index (χ0n) is 8.91. The van der Waals surface area contributed by atoms with Crippen molar-refractivity contribution in [3.05, 3.63) is 59.3 Å². The molecule has 2 rings (SSSR count). The first-order valence-corrected chi connectivity index (χ1v) is 4.97. The summed E-state index contributed by atoms with van der Waals surface area (Å²) in [5, 5.41) is 9.76. The highest BCUT2D eigenvalue weighted by atomic mass is 19.4. The number of halogens is 4. The lowest BCUT2D eigenvalue weighted by Gasteiger charge is -2.12. The minimum Gasteiger partial charge on any atom is -0.466 e. The third kappa shape index (κ3) is 2.38. The van der Waals surface area contributed by atoms with E-state index in [4.69, 9.17) is 4.42 Å². The van der Waals surface area contributed by atoms with E-state index in [1.165, 1.54) is 18.4 Å². The predicted molar refractivity (Wildman–Crippen MR) is 54.2 cm³/mol. The molecule has 1 unspecified atom stereocenters. The molecule has 0 aliphatic rings. The third-order valence-electron chi connectivity index (χ3n) is 2.43. The molecular formula is C12H8F4O2. The number of aliphatic hydroxyl groups excluding tert-OH is 1. The molecule has 1 aromatic carbocycles. The Labute approximate surface area is 99.5 Å². The Morgan fingerprint density at radius 2 is 1.89 bits per heavy atom. The highest BCUT2D eigenvalue weighted by Gasteiger charge is 2.34. The van der Waals surface area contributed by atoms with Gasteiger partial charge in [-0.25, -0.2) is 4.39 Å². The molecule has 0 amide bonds. The van der Waals surface area contributed by atoms with Gasteiger partial charge in [-0.15, -0.1) is 0 Å². The summed E-state index contributed by atoms with van der Waals surface area (Å²) in [5.74, 6) is -1.29. The maximum absolute atomic E-state index is 13.3. The van der Waals surface area contributed by atoms with E-state index >= 15 is 0 Å². The Bertz CT molecular complexity index is 532. The van der Waals surface area contributed by atoms with Crippen LogP contribution in [0.25, 0.3) is 0 Å². The average Bonchev–Trinajstić information content (AvgIpc) is 2.79. The largest absolute Gasteiger partial charge is 0.466 e. The van der Waals surface area contributed by atoms with Crippen molar-refractivity contribution in [3.8, 4) is 0 Å². The van der Waals surface area contributed by atoms with Gasteiger partial charge in [0, 0.05) is 0 Å². The van der Waals surface area contributed by atoms with E-state index in [2.05, 4.69) is 0 Å². The van der Waals surface area contributed by atoms with Gasteiger partial charge in [0.05, 0.1) is 11.8 Å². The first kappa shape index (κ1) is 12.6. The van der Waals surface area contributed by atoms with Gasteiger partial charge in [-0.05, 0) is 29.8 Å². The Kier molecular flexibility index (Phi) is 3.13. The van der Waals surface area contributed by atoms with E-state index in [0.29, 0.717) is 12.1 Å². The number of alkyl halides is 3. The smallest absolute Gasteiger partial charge is 0.419 e. The summed E-state index contributed by atoms with van der Waals surface area (Å²) >= 11 is 0. The fraction of sp³-hybridized carbons (Fsp3) is 0.167. The summed E-state index contributed by atoms with van der Waals surface area (Å²) < 4.78 is 55.2. The molecule has 0 aliphatic heterocycles. The Hall–Kier alpha value is -1.82. The van der Waals surface area contributed by atoms with Gasteiger partial charge in [0.15, 0.2) is 0 Å². The fourth-order valence-corrected chi connectivity index (χ4v) is 1.54. The molecule has 1 aromatic heterocycles. The van der Waals surface area contributed by atoms with Crippen LogP contribution in [0.2, 0.25) is 0 Å². The first-order valence-electron chi connectivity index (χ1n) is 4.97. The summed E-state index contributed by atoms with van der Waals surface area (Å²) in [4.78, 5) is 0.